The number of benzene rings is 1. The van der Waals surface area contributed by atoms with Crippen molar-refractivity contribution < 1.29 is 9.13 Å². The number of nitrogens with two attached hydrogens (primary N) is 1. The molecule has 4 heteroatoms. The van der Waals surface area contributed by atoms with Crippen LogP contribution in [0.1, 0.15) is 24.9 Å². The van der Waals surface area contributed by atoms with Gasteiger partial charge in [-0.05, 0) is 25.1 Å². The van der Waals surface area contributed by atoms with Crippen LogP contribution in [0.3, 0.4) is 0 Å². The third kappa shape index (κ3) is 1.58. The fourth-order valence-electron chi connectivity index (χ4n) is 1.78. The van der Waals surface area contributed by atoms with Crippen LogP contribution in [-0.4, -0.2) is 6.10 Å². The third-order valence-electron chi connectivity index (χ3n) is 2.44. The van der Waals surface area contributed by atoms with E-state index in [0.29, 0.717) is 5.75 Å². The molecule has 0 fully saturated rings. The fraction of sp³-hybridized carbons (Fsp3) is 0.400. The van der Waals surface area contributed by atoms with Gasteiger partial charge in [-0.15, -0.1) is 0 Å². The Morgan fingerprint density at radius 2 is 2.36 bits per heavy atom. The van der Waals surface area contributed by atoms with Gasteiger partial charge < -0.3 is 4.74 Å². The van der Waals surface area contributed by atoms with Crippen molar-refractivity contribution in [3.8, 4) is 5.75 Å². The lowest BCUT2D eigenvalue weighted by molar-refractivity contribution is 0.166. The molecule has 76 valence electrons. The topological polar surface area (TPSA) is 47.3 Å². The molecule has 0 saturated carbocycles. The van der Waals surface area contributed by atoms with E-state index in [-0.39, 0.29) is 18.0 Å². The highest BCUT2D eigenvalue weighted by Gasteiger charge is 2.25. The van der Waals surface area contributed by atoms with E-state index in [0.717, 1.165) is 12.0 Å². The molecule has 14 heavy (non-hydrogen) atoms. The molecule has 1 heterocycles. The highest BCUT2D eigenvalue weighted by atomic mass is 19.1. The van der Waals surface area contributed by atoms with Crippen LogP contribution in [0, 0.1) is 5.82 Å². The number of ether oxygens (including phenoxy) is 1. The van der Waals surface area contributed by atoms with E-state index in [4.69, 9.17) is 10.6 Å². The van der Waals surface area contributed by atoms with Gasteiger partial charge in [-0.3, -0.25) is 11.3 Å². The summed E-state index contributed by atoms with van der Waals surface area (Å²) in [7, 11) is 0. The Bertz CT molecular complexity index is 343. The summed E-state index contributed by atoms with van der Waals surface area (Å²) >= 11 is 0. The average molecular weight is 196 g/mol. The minimum absolute atomic E-state index is 0.0237. The summed E-state index contributed by atoms with van der Waals surface area (Å²) in [6.07, 6.45) is 0.862. The SMILES string of the molecule is C[C@H]1C[C@@H](NN)c2cc(F)ccc2O1. The Morgan fingerprint density at radius 3 is 3.07 bits per heavy atom. The minimum atomic E-state index is -0.262. The van der Waals surface area contributed by atoms with Gasteiger partial charge >= 0.3 is 0 Å². The van der Waals surface area contributed by atoms with Crippen molar-refractivity contribution in [2.45, 2.75) is 25.5 Å². The van der Waals surface area contributed by atoms with Crippen molar-refractivity contribution in [1.29, 1.82) is 0 Å². The Morgan fingerprint density at radius 1 is 1.57 bits per heavy atom. The summed E-state index contributed by atoms with van der Waals surface area (Å²) in [5.74, 6) is 5.86. The summed E-state index contributed by atoms with van der Waals surface area (Å²) in [5.41, 5.74) is 3.47. The fourth-order valence-corrected chi connectivity index (χ4v) is 1.78. The molecule has 0 unspecified atom stereocenters. The highest BCUT2D eigenvalue weighted by molar-refractivity contribution is 5.38. The van der Waals surface area contributed by atoms with Crippen LogP contribution < -0.4 is 16.0 Å². The van der Waals surface area contributed by atoms with Crippen molar-refractivity contribution in [3.63, 3.8) is 0 Å². The van der Waals surface area contributed by atoms with E-state index in [9.17, 15) is 4.39 Å². The number of halogens is 1. The predicted octanol–water partition coefficient (Wildman–Crippen LogP) is 1.50. The second kappa shape index (κ2) is 3.55. The smallest absolute Gasteiger partial charge is 0.124 e. The Hall–Kier alpha value is -1.13. The predicted molar refractivity (Wildman–Crippen MR) is 51.2 cm³/mol. The number of rotatable bonds is 1. The first kappa shape index (κ1) is 9.43. The number of hydrogen-bond acceptors (Lipinski definition) is 3. The lowest BCUT2D eigenvalue weighted by Gasteiger charge is -2.29. The van der Waals surface area contributed by atoms with E-state index in [2.05, 4.69) is 5.43 Å². The van der Waals surface area contributed by atoms with Crippen molar-refractivity contribution in [2.24, 2.45) is 5.84 Å². The molecule has 3 nitrogen and oxygen atoms in total. The van der Waals surface area contributed by atoms with Gasteiger partial charge in [0.25, 0.3) is 0 Å². The summed E-state index contributed by atoms with van der Waals surface area (Å²) < 4.78 is 18.5. The maximum Gasteiger partial charge on any atom is 0.124 e. The molecule has 0 saturated heterocycles. The molecule has 0 aliphatic carbocycles. The number of hydrazine groups is 1. The van der Waals surface area contributed by atoms with Gasteiger partial charge in [0.1, 0.15) is 11.6 Å². The van der Waals surface area contributed by atoms with Crippen LogP contribution in [0.15, 0.2) is 18.2 Å². The maximum atomic E-state index is 13.0. The zero-order chi connectivity index (χ0) is 10.1. The maximum absolute atomic E-state index is 13.0. The Labute approximate surface area is 82.0 Å². The van der Waals surface area contributed by atoms with Crippen molar-refractivity contribution in [3.05, 3.63) is 29.6 Å². The van der Waals surface area contributed by atoms with Crippen LogP contribution in [-0.2, 0) is 0 Å². The van der Waals surface area contributed by atoms with Gasteiger partial charge in [0, 0.05) is 12.0 Å². The minimum Gasteiger partial charge on any atom is -0.490 e. The number of nitrogens with one attached hydrogen (secondary N) is 1. The molecular formula is C10H13FN2O. The van der Waals surface area contributed by atoms with Gasteiger partial charge in [-0.1, -0.05) is 0 Å². The van der Waals surface area contributed by atoms with E-state index in [1.54, 1.807) is 6.07 Å². The summed E-state index contributed by atoms with van der Waals surface area (Å²) in [5, 5.41) is 0. The third-order valence-corrected chi connectivity index (χ3v) is 2.44. The second-order valence-corrected chi connectivity index (χ2v) is 3.57. The zero-order valence-corrected chi connectivity index (χ0v) is 7.96. The normalized spacial score (nSPS) is 25.4. The molecule has 2 atom stereocenters. The molecule has 0 spiro atoms. The van der Waals surface area contributed by atoms with Gasteiger partial charge in [-0.25, -0.2) is 4.39 Å². The van der Waals surface area contributed by atoms with E-state index < -0.39 is 0 Å². The Balaban J connectivity index is 2.41. The van der Waals surface area contributed by atoms with Gasteiger partial charge in [0.05, 0.1) is 12.1 Å². The molecule has 1 aromatic rings. The first-order valence-electron chi connectivity index (χ1n) is 4.63. The Kier molecular flexibility index (Phi) is 2.39. The summed E-state index contributed by atoms with van der Waals surface area (Å²) in [6.45, 7) is 1.97. The van der Waals surface area contributed by atoms with Gasteiger partial charge in [0.15, 0.2) is 0 Å². The quantitative estimate of drug-likeness (QED) is 0.528. The van der Waals surface area contributed by atoms with Crippen molar-refractivity contribution >= 4 is 0 Å². The highest BCUT2D eigenvalue weighted by Crippen LogP contribution is 2.34. The molecule has 2 rings (SSSR count). The number of hydrogen-bond donors (Lipinski definition) is 2. The number of fused-ring (bicyclic) bond motifs is 1. The molecule has 0 radical (unpaired) electrons. The first-order chi connectivity index (χ1) is 6.70. The molecule has 3 N–H and O–H groups in total. The monoisotopic (exact) mass is 196 g/mol. The van der Waals surface area contributed by atoms with Gasteiger partial charge in [0.2, 0.25) is 0 Å². The van der Waals surface area contributed by atoms with Crippen LogP contribution >= 0.6 is 0 Å². The first-order valence-corrected chi connectivity index (χ1v) is 4.63. The molecule has 1 aliphatic heterocycles. The van der Waals surface area contributed by atoms with E-state index in [1.807, 2.05) is 6.92 Å². The van der Waals surface area contributed by atoms with E-state index in [1.165, 1.54) is 12.1 Å². The lowest BCUT2D eigenvalue weighted by atomic mass is 9.97. The summed E-state index contributed by atoms with van der Waals surface area (Å²) in [4.78, 5) is 0. The molecule has 0 aromatic heterocycles. The lowest BCUT2D eigenvalue weighted by Crippen LogP contribution is -2.35. The van der Waals surface area contributed by atoms with Crippen LogP contribution in [0.5, 0.6) is 5.75 Å². The van der Waals surface area contributed by atoms with E-state index >= 15 is 0 Å². The van der Waals surface area contributed by atoms with Crippen LogP contribution in [0.2, 0.25) is 0 Å². The molecule has 1 aliphatic rings. The molecule has 0 amide bonds. The largest absolute Gasteiger partial charge is 0.490 e. The zero-order valence-electron chi connectivity index (χ0n) is 7.96. The molecule has 1 aromatic carbocycles. The van der Waals surface area contributed by atoms with Gasteiger partial charge in [-0.2, -0.15) is 0 Å². The van der Waals surface area contributed by atoms with Crippen LogP contribution in [0.25, 0.3) is 0 Å². The second-order valence-electron chi connectivity index (χ2n) is 3.57. The average Bonchev–Trinajstić information content (AvgIpc) is 2.17. The molecule has 0 bridgehead atoms. The molecular weight excluding hydrogens is 183 g/mol. The van der Waals surface area contributed by atoms with Crippen molar-refractivity contribution in [2.75, 3.05) is 0 Å². The van der Waals surface area contributed by atoms with Crippen LogP contribution in [0.4, 0.5) is 4.39 Å². The van der Waals surface area contributed by atoms with Crippen molar-refractivity contribution in [1.82, 2.24) is 5.43 Å². The standard InChI is InChI=1S/C10H13FN2O/c1-6-4-9(13-12)8-5-7(11)2-3-10(8)14-6/h2-3,5-6,9,13H,4,12H2,1H3/t6-,9+/m0/s1. The summed E-state index contributed by atoms with van der Waals surface area (Å²) in [6, 6.07) is 4.48.